The van der Waals surface area contributed by atoms with Crippen molar-refractivity contribution < 1.29 is 4.79 Å². The van der Waals surface area contributed by atoms with Crippen molar-refractivity contribution in [2.45, 2.75) is 38.1 Å². The van der Waals surface area contributed by atoms with Gasteiger partial charge in [-0.05, 0) is 24.8 Å². The van der Waals surface area contributed by atoms with Crippen LogP contribution < -0.4 is 5.73 Å². The molecule has 3 heteroatoms. The van der Waals surface area contributed by atoms with E-state index in [1.807, 2.05) is 35.2 Å². The first-order valence-electron chi connectivity index (χ1n) is 6.81. The molecule has 1 fully saturated rings. The highest BCUT2D eigenvalue weighted by Gasteiger charge is 2.26. The van der Waals surface area contributed by atoms with Crippen LogP contribution in [0.5, 0.6) is 0 Å². The number of carbonyl (C=O) groups excluding carboxylic acids is 1. The summed E-state index contributed by atoms with van der Waals surface area (Å²) >= 11 is 0. The van der Waals surface area contributed by atoms with E-state index in [1.54, 1.807) is 0 Å². The predicted octanol–water partition coefficient (Wildman–Crippen LogP) is 2.13. The van der Waals surface area contributed by atoms with Gasteiger partial charge in [-0.15, -0.1) is 0 Å². The Labute approximate surface area is 109 Å². The number of piperidine rings is 1. The number of rotatable bonds is 3. The summed E-state index contributed by atoms with van der Waals surface area (Å²) in [6.45, 7) is 3.69. The largest absolute Gasteiger partial charge is 0.342 e. The van der Waals surface area contributed by atoms with Gasteiger partial charge in [-0.1, -0.05) is 37.3 Å². The van der Waals surface area contributed by atoms with Gasteiger partial charge in [0.1, 0.15) is 0 Å². The lowest BCUT2D eigenvalue weighted by molar-refractivity contribution is -0.133. The molecule has 1 atom stereocenters. The van der Waals surface area contributed by atoms with Crippen LogP contribution in [0.15, 0.2) is 30.3 Å². The molecule has 1 amide bonds. The minimum atomic E-state index is 0.000486. The van der Waals surface area contributed by atoms with Gasteiger partial charge in [0.05, 0.1) is 5.92 Å². The summed E-state index contributed by atoms with van der Waals surface area (Å²) in [6.07, 6.45) is 2.71. The van der Waals surface area contributed by atoms with Crippen molar-refractivity contribution in [1.82, 2.24) is 4.90 Å². The molecule has 0 bridgehead atoms. The zero-order chi connectivity index (χ0) is 13.0. The standard InChI is InChI=1S/C15H22N2O/c1-2-14(12-6-4-3-5-7-12)15(18)17-10-8-13(16)9-11-17/h3-7,13-14H,2,8-11,16H2,1H3. The van der Waals surface area contributed by atoms with Crippen LogP contribution in [0, 0.1) is 0 Å². The van der Waals surface area contributed by atoms with Crippen LogP contribution in [0.4, 0.5) is 0 Å². The van der Waals surface area contributed by atoms with Gasteiger partial charge in [-0.3, -0.25) is 4.79 Å². The Morgan fingerprint density at radius 3 is 2.50 bits per heavy atom. The van der Waals surface area contributed by atoms with Gasteiger partial charge >= 0.3 is 0 Å². The number of benzene rings is 1. The third kappa shape index (κ3) is 2.91. The summed E-state index contributed by atoms with van der Waals surface area (Å²) < 4.78 is 0. The number of carbonyl (C=O) groups is 1. The highest BCUT2D eigenvalue weighted by molar-refractivity contribution is 5.83. The van der Waals surface area contributed by atoms with E-state index in [1.165, 1.54) is 0 Å². The van der Waals surface area contributed by atoms with E-state index in [0.29, 0.717) is 0 Å². The average molecular weight is 246 g/mol. The van der Waals surface area contributed by atoms with Crippen LogP contribution >= 0.6 is 0 Å². The van der Waals surface area contributed by atoms with Crippen molar-refractivity contribution in [3.8, 4) is 0 Å². The first kappa shape index (κ1) is 13.1. The average Bonchev–Trinajstić information content (AvgIpc) is 2.41. The van der Waals surface area contributed by atoms with E-state index in [0.717, 1.165) is 37.9 Å². The third-order valence-electron chi connectivity index (χ3n) is 3.76. The van der Waals surface area contributed by atoms with Crippen LogP contribution in [0.1, 0.15) is 37.7 Å². The molecular formula is C15H22N2O. The quantitative estimate of drug-likeness (QED) is 0.888. The Bertz CT molecular complexity index is 383. The Kier molecular flexibility index (Phi) is 4.37. The molecule has 0 radical (unpaired) electrons. The minimum absolute atomic E-state index is 0.000486. The Morgan fingerprint density at radius 1 is 1.33 bits per heavy atom. The molecule has 0 aliphatic carbocycles. The molecule has 3 nitrogen and oxygen atoms in total. The first-order valence-corrected chi connectivity index (χ1v) is 6.81. The van der Waals surface area contributed by atoms with Crippen LogP contribution in [0.25, 0.3) is 0 Å². The summed E-state index contributed by atoms with van der Waals surface area (Å²) in [6, 6.07) is 10.3. The highest BCUT2D eigenvalue weighted by atomic mass is 16.2. The molecule has 1 aromatic carbocycles. The van der Waals surface area contributed by atoms with Gasteiger partial charge in [0, 0.05) is 19.1 Å². The predicted molar refractivity (Wildman–Crippen MR) is 73.3 cm³/mol. The first-order chi connectivity index (χ1) is 8.72. The van der Waals surface area contributed by atoms with Gasteiger partial charge < -0.3 is 10.6 Å². The van der Waals surface area contributed by atoms with Crippen molar-refractivity contribution in [1.29, 1.82) is 0 Å². The molecular weight excluding hydrogens is 224 g/mol. The summed E-state index contributed by atoms with van der Waals surface area (Å²) in [4.78, 5) is 14.5. The van der Waals surface area contributed by atoms with Crippen molar-refractivity contribution in [2.24, 2.45) is 5.73 Å². The SMILES string of the molecule is CCC(C(=O)N1CCC(N)CC1)c1ccccc1. The molecule has 1 saturated heterocycles. The van der Waals surface area contributed by atoms with Crippen LogP contribution in [0.3, 0.4) is 0 Å². The molecule has 1 aliphatic rings. The fourth-order valence-electron chi connectivity index (χ4n) is 2.58. The number of amides is 1. The molecule has 98 valence electrons. The Balaban J connectivity index is 2.06. The zero-order valence-electron chi connectivity index (χ0n) is 11.0. The number of hydrogen-bond acceptors (Lipinski definition) is 2. The summed E-state index contributed by atoms with van der Waals surface area (Å²) in [5.41, 5.74) is 7.00. The van der Waals surface area contributed by atoms with Crippen molar-refractivity contribution in [3.63, 3.8) is 0 Å². The smallest absolute Gasteiger partial charge is 0.230 e. The van der Waals surface area contributed by atoms with Gasteiger partial charge in [0.2, 0.25) is 5.91 Å². The van der Waals surface area contributed by atoms with Crippen molar-refractivity contribution in [3.05, 3.63) is 35.9 Å². The molecule has 1 aromatic rings. The number of nitrogens with two attached hydrogens (primary N) is 1. The number of likely N-dealkylation sites (tertiary alicyclic amines) is 1. The lowest BCUT2D eigenvalue weighted by Gasteiger charge is -2.32. The normalized spacial score (nSPS) is 18.7. The second-order valence-corrected chi connectivity index (χ2v) is 5.03. The van der Waals surface area contributed by atoms with E-state index in [2.05, 4.69) is 6.92 Å². The van der Waals surface area contributed by atoms with Gasteiger partial charge in [-0.25, -0.2) is 0 Å². The number of nitrogens with zero attached hydrogens (tertiary/aromatic N) is 1. The molecule has 1 heterocycles. The Hall–Kier alpha value is -1.35. The maximum atomic E-state index is 12.5. The summed E-state index contributed by atoms with van der Waals surface area (Å²) in [7, 11) is 0. The fraction of sp³-hybridized carbons (Fsp3) is 0.533. The van der Waals surface area contributed by atoms with Crippen molar-refractivity contribution >= 4 is 5.91 Å². The van der Waals surface area contributed by atoms with Gasteiger partial charge in [0.15, 0.2) is 0 Å². The lowest BCUT2D eigenvalue weighted by atomic mass is 9.94. The second kappa shape index (κ2) is 6.01. The van der Waals surface area contributed by atoms with Crippen LogP contribution in [-0.4, -0.2) is 29.9 Å². The second-order valence-electron chi connectivity index (χ2n) is 5.03. The van der Waals surface area contributed by atoms with Gasteiger partial charge in [0.25, 0.3) is 0 Å². The van der Waals surface area contributed by atoms with Crippen LogP contribution in [-0.2, 0) is 4.79 Å². The molecule has 0 spiro atoms. The topological polar surface area (TPSA) is 46.3 Å². The van der Waals surface area contributed by atoms with Crippen LogP contribution in [0.2, 0.25) is 0 Å². The minimum Gasteiger partial charge on any atom is -0.342 e. The molecule has 1 aliphatic heterocycles. The Morgan fingerprint density at radius 2 is 1.94 bits per heavy atom. The maximum absolute atomic E-state index is 12.5. The molecule has 0 saturated carbocycles. The fourth-order valence-corrected chi connectivity index (χ4v) is 2.58. The van der Waals surface area contributed by atoms with Crippen molar-refractivity contribution in [2.75, 3.05) is 13.1 Å². The van der Waals surface area contributed by atoms with E-state index in [9.17, 15) is 4.79 Å². The zero-order valence-corrected chi connectivity index (χ0v) is 11.0. The maximum Gasteiger partial charge on any atom is 0.230 e. The molecule has 2 rings (SSSR count). The molecule has 2 N–H and O–H groups in total. The lowest BCUT2D eigenvalue weighted by Crippen LogP contribution is -2.44. The van der Waals surface area contributed by atoms with E-state index in [4.69, 9.17) is 5.73 Å². The highest BCUT2D eigenvalue weighted by Crippen LogP contribution is 2.23. The molecule has 18 heavy (non-hydrogen) atoms. The van der Waals surface area contributed by atoms with Gasteiger partial charge in [-0.2, -0.15) is 0 Å². The van der Waals surface area contributed by atoms with E-state index in [-0.39, 0.29) is 17.9 Å². The van der Waals surface area contributed by atoms with E-state index < -0.39 is 0 Å². The molecule has 1 unspecified atom stereocenters. The summed E-state index contributed by atoms with van der Waals surface area (Å²) in [5.74, 6) is 0.260. The third-order valence-corrected chi connectivity index (χ3v) is 3.76. The monoisotopic (exact) mass is 246 g/mol. The molecule has 0 aromatic heterocycles. The number of hydrogen-bond donors (Lipinski definition) is 1. The van der Waals surface area contributed by atoms with E-state index >= 15 is 0 Å². The summed E-state index contributed by atoms with van der Waals surface area (Å²) in [5, 5.41) is 0.